The first kappa shape index (κ1) is 13.5. The highest BCUT2D eigenvalue weighted by molar-refractivity contribution is 9.10. The van der Waals surface area contributed by atoms with Gasteiger partial charge in [0, 0.05) is 23.6 Å². The summed E-state index contributed by atoms with van der Waals surface area (Å²) in [5, 5.41) is 9.82. The molecule has 0 unspecified atom stereocenters. The Morgan fingerprint density at radius 1 is 1.53 bits per heavy atom. The Balaban J connectivity index is 2.17. The number of benzene rings is 1. The van der Waals surface area contributed by atoms with E-state index in [1.165, 1.54) is 6.20 Å². The van der Waals surface area contributed by atoms with Gasteiger partial charge in [0.1, 0.15) is 5.75 Å². The van der Waals surface area contributed by atoms with Crippen molar-refractivity contribution in [2.24, 2.45) is 0 Å². The van der Waals surface area contributed by atoms with Crippen molar-refractivity contribution in [3.8, 4) is 5.75 Å². The summed E-state index contributed by atoms with van der Waals surface area (Å²) in [5.41, 5.74) is 1.20. The van der Waals surface area contributed by atoms with Crippen molar-refractivity contribution in [1.82, 2.24) is 20.3 Å². The van der Waals surface area contributed by atoms with Gasteiger partial charge in [0.25, 0.3) is 5.91 Å². The number of H-pyrrole nitrogens is 1. The second kappa shape index (κ2) is 5.83. The van der Waals surface area contributed by atoms with Gasteiger partial charge in [-0.05, 0) is 18.2 Å². The average molecular weight is 325 g/mol. The highest BCUT2D eigenvalue weighted by Gasteiger charge is 2.16. The van der Waals surface area contributed by atoms with E-state index in [2.05, 4.69) is 31.3 Å². The van der Waals surface area contributed by atoms with Crippen molar-refractivity contribution in [2.45, 2.75) is 6.54 Å². The van der Waals surface area contributed by atoms with Crippen molar-refractivity contribution < 1.29 is 9.53 Å². The van der Waals surface area contributed by atoms with Crippen LogP contribution in [0.5, 0.6) is 5.75 Å². The molecule has 0 aliphatic rings. The fraction of sp³-hybridized carbons (Fsp3) is 0.250. The fourth-order valence-electron chi connectivity index (χ4n) is 1.70. The van der Waals surface area contributed by atoms with Crippen LogP contribution in [0.15, 0.2) is 28.9 Å². The third-order valence-corrected chi connectivity index (χ3v) is 3.12. The molecule has 100 valence electrons. The van der Waals surface area contributed by atoms with Gasteiger partial charge in [-0.3, -0.25) is 4.79 Å². The first-order valence-electron chi connectivity index (χ1n) is 5.55. The number of methoxy groups -OCH3 is 1. The third kappa shape index (κ3) is 3.11. The van der Waals surface area contributed by atoms with Crippen LogP contribution in [0.25, 0.3) is 0 Å². The highest BCUT2D eigenvalue weighted by Crippen LogP contribution is 2.24. The predicted octanol–water partition coefficient (Wildman–Crippen LogP) is 1.85. The topological polar surface area (TPSA) is 71.1 Å². The van der Waals surface area contributed by atoms with Crippen LogP contribution < -0.4 is 4.74 Å². The molecule has 0 saturated heterocycles. The van der Waals surface area contributed by atoms with Crippen molar-refractivity contribution in [3.05, 3.63) is 40.1 Å². The number of nitrogens with zero attached hydrogens (tertiary/aromatic N) is 3. The lowest BCUT2D eigenvalue weighted by Gasteiger charge is -2.17. The Morgan fingerprint density at radius 2 is 2.32 bits per heavy atom. The Bertz CT molecular complexity index is 571. The summed E-state index contributed by atoms with van der Waals surface area (Å²) in [6.07, 6.45) is 1.40. The van der Waals surface area contributed by atoms with E-state index in [1.807, 2.05) is 18.2 Å². The number of amides is 1. The van der Waals surface area contributed by atoms with Crippen LogP contribution in [0.1, 0.15) is 16.1 Å². The van der Waals surface area contributed by atoms with E-state index in [9.17, 15) is 4.79 Å². The summed E-state index contributed by atoms with van der Waals surface area (Å²) in [5.74, 6) is 0.541. The van der Waals surface area contributed by atoms with Crippen LogP contribution in [-0.2, 0) is 6.54 Å². The van der Waals surface area contributed by atoms with E-state index in [0.717, 1.165) is 15.8 Å². The van der Waals surface area contributed by atoms with Gasteiger partial charge in [-0.2, -0.15) is 15.4 Å². The highest BCUT2D eigenvalue weighted by atomic mass is 79.9. The van der Waals surface area contributed by atoms with Crippen LogP contribution in [0.4, 0.5) is 0 Å². The molecule has 2 aromatic rings. The van der Waals surface area contributed by atoms with Crippen molar-refractivity contribution >= 4 is 21.8 Å². The zero-order valence-corrected chi connectivity index (χ0v) is 12.1. The number of rotatable bonds is 4. The normalized spacial score (nSPS) is 10.3. The summed E-state index contributed by atoms with van der Waals surface area (Å²) >= 11 is 3.40. The molecular weight excluding hydrogens is 312 g/mol. The number of hydrogen-bond acceptors (Lipinski definition) is 4. The molecule has 0 bridgehead atoms. The number of carbonyl (C=O) groups is 1. The largest absolute Gasteiger partial charge is 0.496 e. The minimum atomic E-state index is -0.198. The summed E-state index contributed by atoms with van der Waals surface area (Å²) < 4.78 is 6.21. The molecule has 0 spiro atoms. The van der Waals surface area contributed by atoms with E-state index in [0.29, 0.717) is 6.54 Å². The van der Waals surface area contributed by atoms with E-state index in [1.54, 1.807) is 19.1 Å². The van der Waals surface area contributed by atoms with Gasteiger partial charge in [-0.25, -0.2) is 0 Å². The Morgan fingerprint density at radius 3 is 2.95 bits per heavy atom. The number of aromatic nitrogens is 3. The first-order chi connectivity index (χ1) is 9.11. The molecule has 1 N–H and O–H groups in total. The molecule has 6 nitrogen and oxygen atoms in total. The number of halogens is 1. The van der Waals surface area contributed by atoms with Crippen LogP contribution in [-0.4, -0.2) is 40.4 Å². The third-order valence-electron chi connectivity index (χ3n) is 2.63. The molecule has 1 heterocycles. The lowest BCUT2D eigenvalue weighted by Crippen LogP contribution is -2.26. The summed E-state index contributed by atoms with van der Waals surface area (Å²) in [6.45, 7) is 0.425. The SMILES string of the molecule is COc1ccc(Br)cc1CN(C)C(=O)c1cn[nH]n1. The molecule has 0 saturated carbocycles. The second-order valence-corrected chi connectivity index (χ2v) is 4.89. The average Bonchev–Trinajstić information content (AvgIpc) is 2.92. The first-order valence-corrected chi connectivity index (χ1v) is 6.34. The van der Waals surface area contributed by atoms with Gasteiger partial charge in [-0.1, -0.05) is 15.9 Å². The van der Waals surface area contributed by atoms with Crippen molar-refractivity contribution in [3.63, 3.8) is 0 Å². The maximum absolute atomic E-state index is 12.0. The molecular formula is C12H13BrN4O2. The van der Waals surface area contributed by atoms with Crippen molar-refractivity contribution in [1.29, 1.82) is 0 Å². The smallest absolute Gasteiger partial charge is 0.276 e. The number of hydrogen-bond donors (Lipinski definition) is 1. The van der Waals surface area contributed by atoms with Gasteiger partial charge in [0.05, 0.1) is 13.3 Å². The molecule has 0 radical (unpaired) electrons. The lowest BCUT2D eigenvalue weighted by atomic mass is 10.2. The summed E-state index contributed by atoms with van der Waals surface area (Å²) in [6, 6.07) is 5.67. The van der Waals surface area contributed by atoms with E-state index < -0.39 is 0 Å². The number of nitrogens with one attached hydrogen (secondary N) is 1. The van der Waals surface area contributed by atoms with Gasteiger partial charge < -0.3 is 9.64 Å². The Kier molecular flexibility index (Phi) is 4.16. The summed E-state index contributed by atoms with van der Waals surface area (Å²) in [7, 11) is 3.31. The number of aromatic amines is 1. The zero-order valence-electron chi connectivity index (χ0n) is 10.6. The van der Waals surface area contributed by atoms with Gasteiger partial charge >= 0.3 is 0 Å². The predicted molar refractivity (Wildman–Crippen MR) is 72.9 cm³/mol. The molecule has 0 fully saturated rings. The minimum absolute atomic E-state index is 0.198. The van der Waals surface area contributed by atoms with Crippen LogP contribution in [0.2, 0.25) is 0 Å². The molecule has 0 aliphatic heterocycles. The zero-order chi connectivity index (χ0) is 13.8. The van der Waals surface area contributed by atoms with Gasteiger partial charge in [0.2, 0.25) is 0 Å². The minimum Gasteiger partial charge on any atom is -0.496 e. The molecule has 0 aliphatic carbocycles. The number of carbonyl (C=O) groups excluding carboxylic acids is 1. The number of ether oxygens (including phenoxy) is 1. The standard InChI is InChI=1S/C12H13BrN4O2/c1-17(12(18)10-6-14-16-15-10)7-8-5-9(13)3-4-11(8)19-2/h3-6H,7H2,1-2H3,(H,14,15,16). The van der Waals surface area contributed by atoms with Gasteiger partial charge in [0.15, 0.2) is 5.69 Å². The Hall–Kier alpha value is -1.89. The second-order valence-electron chi connectivity index (χ2n) is 3.97. The molecule has 19 heavy (non-hydrogen) atoms. The molecule has 1 aromatic heterocycles. The Labute approximate surface area is 118 Å². The summed E-state index contributed by atoms with van der Waals surface area (Å²) in [4.78, 5) is 13.6. The van der Waals surface area contributed by atoms with Crippen LogP contribution in [0, 0.1) is 0 Å². The molecule has 7 heteroatoms. The van der Waals surface area contributed by atoms with Crippen molar-refractivity contribution in [2.75, 3.05) is 14.2 Å². The maximum atomic E-state index is 12.0. The quantitative estimate of drug-likeness (QED) is 0.931. The molecule has 1 amide bonds. The van der Waals surface area contributed by atoms with Gasteiger partial charge in [-0.15, -0.1) is 0 Å². The monoisotopic (exact) mass is 324 g/mol. The fourth-order valence-corrected chi connectivity index (χ4v) is 2.11. The van der Waals surface area contributed by atoms with Crippen LogP contribution >= 0.6 is 15.9 Å². The van der Waals surface area contributed by atoms with E-state index in [4.69, 9.17) is 4.74 Å². The molecule has 0 atom stereocenters. The van der Waals surface area contributed by atoms with E-state index >= 15 is 0 Å². The molecule has 1 aromatic carbocycles. The van der Waals surface area contributed by atoms with Crippen LogP contribution in [0.3, 0.4) is 0 Å². The molecule has 2 rings (SSSR count). The van der Waals surface area contributed by atoms with E-state index in [-0.39, 0.29) is 11.6 Å². The maximum Gasteiger partial charge on any atom is 0.276 e. The lowest BCUT2D eigenvalue weighted by molar-refractivity contribution is 0.0778.